The molecule has 1 atom stereocenters. The lowest BCUT2D eigenvalue weighted by molar-refractivity contribution is 0.443. The number of phenolic OH excluding ortho intramolecular Hbond substituents is 1. The van der Waals surface area contributed by atoms with Gasteiger partial charge in [0.2, 0.25) is 0 Å². The van der Waals surface area contributed by atoms with E-state index in [4.69, 9.17) is 4.42 Å². The molecule has 2 N–H and O–H groups in total. The zero-order valence-corrected chi connectivity index (χ0v) is 10.2. The number of benzene rings is 1. The molecule has 0 radical (unpaired) electrons. The van der Waals surface area contributed by atoms with Crippen molar-refractivity contribution in [3.05, 3.63) is 53.7 Å². The average molecular weight is 249 g/mol. The van der Waals surface area contributed by atoms with E-state index < -0.39 is 5.82 Å². The van der Waals surface area contributed by atoms with Gasteiger partial charge in [-0.15, -0.1) is 0 Å². The first-order valence-corrected chi connectivity index (χ1v) is 5.91. The molecule has 0 aliphatic heterocycles. The van der Waals surface area contributed by atoms with Gasteiger partial charge in [-0.25, -0.2) is 4.39 Å². The van der Waals surface area contributed by atoms with Crippen molar-refractivity contribution in [1.29, 1.82) is 0 Å². The second-order valence-corrected chi connectivity index (χ2v) is 4.21. The molecule has 1 aromatic heterocycles. The molecule has 18 heavy (non-hydrogen) atoms. The molecule has 0 aliphatic rings. The molecule has 0 saturated heterocycles. The van der Waals surface area contributed by atoms with Crippen molar-refractivity contribution in [3.8, 4) is 5.75 Å². The number of hydrogen-bond acceptors (Lipinski definition) is 3. The number of phenols is 1. The van der Waals surface area contributed by atoms with Crippen LogP contribution in [-0.4, -0.2) is 11.7 Å². The summed E-state index contributed by atoms with van der Waals surface area (Å²) in [6.07, 6.45) is 2.42. The minimum Gasteiger partial charge on any atom is -0.508 e. The van der Waals surface area contributed by atoms with E-state index in [9.17, 15) is 9.50 Å². The lowest BCUT2D eigenvalue weighted by Gasteiger charge is -2.15. The molecule has 1 aromatic carbocycles. The quantitative estimate of drug-likeness (QED) is 0.856. The predicted molar refractivity (Wildman–Crippen MR) is 66.9 cm³/mol. The Hall–Kier alpha value is -1.81. The van der Waals surface area contributed by atoms with E-state index in [1.165, 1.54) is 6.07 Å². The van der Waals surface area contributed by atoms with Crippen molar-refractivity contribution in [3.63, 3.8) is 0 Å². The molecule has 3 nitrogen and oxygen atoms in total. The van der Waals surface area contributed by atoms with Crippen molar-refractivity contribution >= 4 is 0 Å². The molecule has 0 bridgehead atoms. The van der Waals surface area contributed by atoms with Crippen LogP contribution >= 0.6 is 0 Å². The minimum absolute atomic E-state index is 0.0204. The molecule has 1 heterocycles. The van der Waals surface area contributed by atoms with Gasteiger partial charge in [-0.2, -0.15) is 0 Å². The summed E-state index contributed by atoms with van der Waals surface area (Å²) in [7, 11) is 0. The van der Waals surface area contributed by atoms with Crippen LogP contribution in [0.1, 0.15) is 24.3 Å². The Morgan fingerprint density at radius 3 is 2.89 bits per heavy atom. The Kier molecular flexibility index (Phi) is 3.99. The number of aromatic hydroxyl groups is 1. The van der Waals surface area contributed by atoms with Gasteiger partial charge >= 0.3 is 0 Å². The molecule has 2 rings (SSSR count). The summed E-state index contributed by atoms with van der Waals surface area (Å²) < 4.78 is 18.1. The topological polar surface area (TPSA) is 45.4 Å². The van der Waals surface area contributed by atoms with Crippen LogP contribution in [0.4, 0.5) is 4.39 Å². The van der Waals surface area contributed by atoms with Crippen molar-refractivity contribution < 1.29 is 13.9 Å². The third-order valence-electron chi connectivity index (χ3n) is 2.86. The molecular formula is C14H16FNO2. The van der Waals surface area contributed by atoms with Crippen molar-refractivity contribution in [1.82, 2.24) is 5.32 Å². The zero-order chi connectivity index (χ0) is 13.0. The molecule has 0 saturated carbocycles. The summed E-state index contributed by atoms with van der Waals surface area (Å²) in [5.74, 6) is 0.463. The van der Waals surface area contributed by atoms with E-state index in [1.54, 1.807) is 12.3 Å². The zero-order valence-electron chi connectivity index (χ0n) is 10.2. The van der Waals surface area contributed by atoms with Crippen LogP contribution < -0.4 is 5.32 Å². The predicted octanol–water partition coefficient (Wildman–Crippen LogP) is 3.02. The Labute approximate surface area is 105 Å². The van der Waals surface area contributed by atoms with E-state index in [0.29, 0.717) is 5.56 Å². The van der Waals surface area contributed by atoms with Crippen LogP contribution in [0.15, 0.2) is 41.0 Å². The molecule has 96 valence electrons. The van der Waals surface area contributed by atoms with Crippen LogP contribution in [0, 0.1) is 5.82 Å². The standard InChI is InChI=1S/C14H16FNO2/c1-10(13-5-4-11(15)9-14(13)17)16-7-6-12-3-2-8-18-12/h2-5,8-10,16-17H,6-7H2,1H3. The number of halogens is 1. The Bertz CT molecular complexity index is 497. The van der Waals surface area contributed by atoms with Gasteiger partial charge in [-0.05, 0) is 25.1 Å². The number of nitrogens with one attached hydrogen (secondary N) is 1. The van der Waals surface area contributed by atoms with E-state index in [2.05, 4.69) is 5.32 Å². The first-order chi connectivity index (χ1) is 8.66. The highest BCUT2D eigenvalue weighted by Gasteiger charge is 2.10. The maximum atomic E-state index is 12.9. The first-order valence-electron chi connectivity index (χ1n) is 5.91. The first kappa shape index (κ1) is 12.6. The Morgan fingerprint density at radius 2 is 2.22 bits per heavy atom. The van der Waals surface area contributed by atoms with Crippen LogP contribution in [0.2, 0.25) is 0 Å². The SMILES string of the molecule is CC(NCCc1ccco1)c1ccc(F)cc1O. The lowest BCUT2D eigenvalue weighted by Crippen LogP contribution is -2.21. The lowest BCUT2D eigenvalue weighted by atomic mass is 10.1. The van der Waals surface area contributed by atoms with Gasteiger partial charge in [-0.3, -0.25) is 0 Å². The fourth-order valence-corrected chi connectivity index (χ4v) is 1.86. The molecule has 4 heteroatoms. The highest BCUT2D eigenvalue weighted by atomic mass is 19.1. The molecule has 0 amide bonds. The van der Waals surface area contributed by atoms with Crippen molar-refractivity contribution in [2.24, 2.45) is 0 Å². The largest absolute Gasteiger partial charge is 0.508 e. The summed E-state index contributed by atoms with van der Waals surface area (Å²) in [6, 6.07) is 7.79. The van der Waals surface area contributed by atoms with Gasteiger partial charge in [0.15, 0.2) is 0 Å². The number of furan rings is 1. The number of rotatable bonds is 5. The molecule has 2 aromatic rings. The normalized spacial score (nSPS) is 12.6. The van der Waals surface area contributed by atoms with Gasteiger partial charge in [0.1, 0.15) is 17.3 Å². The fourth-order valence-electron chi connectivity index (χ4n) is 1.86. The van der Waals surface area contributed by atoms with Crippen LogP contribution in [0.3, 0.4) is 0 Å². The maximum Gasteiger partial charge on any atom is 0.126 e. The summed E-state index contributed by atoms with van der Waals surface area (Å²) in [6.45, 7) is 2.65. The van der Waals surface area contributed by atoms with Crippen molar-refractivity contribution in [2.75, 3.05) is 6.54 Å². The monoisotopic (exact) mass is 249 g/mol. The second kappa shape index (κ2) is 5.69. The van der Waals surface area contributed by atoms with Gasteiger partial charge in [0.05, 0.1) is 6.26 Å². The smallest absolute Gasteiger partial charge is 0.126 e. The highest BCUT2D eigenvalue weighted by molar-refractivity contribution is 5.34. The third kappa shape index (κ3) is 3.11. The maximum absolute atomic E-state index is 12.9. The third-order valence-corrected chi connectivity index (χ3v) is 2.86. The van der Waals surface area contributed by atoms with E-state index >= 15 is 0 Å². The summed E-state index contributed by atoms with van der Waals surface area (Å²) in [5.41, 5.74) is 0.691. The summed E-state index contributed by atoms with van der Waals surface area (Å²) in [5, 5.41) is 12.9. The average Bonchev–Trinajstić information content (AvgIpc) is 2.81. The van der Waals surface area contributed by atoms with Crippen molar-refractivity contribution in [2.45, 2.75) is 19.4 Å². The molecule has 0 aliphatic carbocycles. The number of hydrogen-bond donors (Lipinski definition) is 2. The summed E-state index contributed by atoms with van der Waals surface area (Å²) in [4.78, 5) is 0. The van der Waals surface area contributed by atoms with Gasteiger partial charge in [-0.1, -0.05) is 6.07 Å². The van der Waals surface area contributed by atoms with E-state index in [-0.39, 0.29) is 11.8 Å². The van der Waals surface area contributed by atoms with E-state index in [0.717, 1.165) is 24.8 Å². The summed E-state index contributed by atoms with van der Waals surface area (Å²) >= 11 is 0. The molecule has 0 spiro atoms. The molecular weight excluding hydrogens is 233 g/mol. The minimum atomic E-state index is -0.431. The van der Waals surface area contributed by atoms with Crippen LogP contribution in [-0.2, 0) is 6.42 Å². The van der Waals surface area contributed by atoms with Gasteiger partial charge in [0, 0.05) is 30.6 Å². The Balaban J connectivity index is 1.89. The van der Waals surface area contributed by atoms with Crippen LogP contribution in [0.25, 0.3) is 0 Å². The molecule has 1 unspecified atom stereocenters. The fraction of sp³-hybridized carbons (Fsp3) is 0.286. The van der Waals surface area contributed by atoms with E-state index in [1.807, 2.05) is 19.1 Å². The van der Waals surface area contributed by atoms with Gasteiger partial charge in [0.25, 0.3) is 0 Å². The highest BCUT2D eigenvalue weighted by Crippen LogP contribution is 2.24. The van der Waals surface area contributed by atoms with Gasteiger partial charge < -0.3 is 14.8 Å². The Morgan fingerprint density at radius 1 is 1.39 bits per heavy atom. The van der Waals surface area contributed by atoms with Crippen LogP contribution in [0.5, 0.6) is 5.75 Å². The second-order valence-electron chi connectivity index (χ2n) is 4.21. The molecule has 0 fully saturated rings.